The van der Waals surface area contributed by atoms with Crippen molar-refractivity contribution in [2.75, 3.05) is 0 Å². The van der Waals surface area contributed by atoms with E-state index in [-0.39, 0.29) is 13.5 Å². The van der Waals surface area contributed by atoms with Crippen molar-refractivity contribution in [2.24, 2.45) is 0 Å². The Balaban J connectivity index is 0.000000148. The minimum absolute atomic E-state index is 0. The lowest BCUT2D eigenvalue weighted by molar-refractivity contribution is 0.448. The standard InChI is InChI=1S/C6H3F.BH2O2/c7-6-2-4-1-5(4)3-6;2-1-3/h1-3H;2-3H. The highest BCUT2D eigenvalue weighted by Gasteiger charge is 2.12. The molecule has 0 fully saturated rings. The molecule has 0 saturated heterocycles. The predicted octanol–water partition coefficient (Wildman–Crippen LogP) is 0.311. The average molecular weight is 139 g/mol. The third kappa shape index (κ3) is 1.56. The molecular formula is C6H5BFO2. The summed E-state index contributed by atoms with van der Waals surface area (Å²) in [4.78, 5) is 0. The zero-order chi connectivity index (χ0) is 7.56. The fourth-order valence-corrected chi connectivity index (χ4v) is 0.720. The first-order valence-corrected chi connectivity index (χ1v) is 2.69. The lowest BCUT2D eigenvalue weighted by Crippen LogP contribution is -1.75. The number of fused-ring (bicyclic) bond motifs is 1. The largest absolute Gasteiger partial charge is 0.482 e. The molecule has 1 radical (unpaired) electrons. The predicted molar refractivity (Wildman–Crippen MR) is 35.6 cm³/mol. The van der Waals surface area contributed by atoms with Gasteiger partial charge >= 0.3 is 7.69 Å². The Morgan fingerprint density at radius 2 is 1.50 bits per heavy atom. The molecule has 0 aromatic heterocycles. The molecule has 0 spiro atoms. The van der Waals surface area contributed by atoms with Crippen LogP contribution in [-0.2, 0) is 0 Å². The molecule has 0 bridgehead atoms. The monoisotopic (exact) mass is 139 g/mol. The van der Waals surface area contributed by atoms with Crippen molar-refractivity contribution >= 4 is 7.69 Å². The van der Waals surface area contributed by atoms with Crippen LogP contribution in [0.25, 0.3) is 11.1 Å². The lowest BCUT2D eigenvalue weighted by atomic mass is 10.5. The van der Waals surface area contributed by atoms with Crippen molar-refractivity contribution in [3.8, 4) is 11.1 Å². The van der Waals surface area contributed by atoms with Crippen molar-refractivity contribution in [1.29, 1.82) is 0 Å². The van der Waals surface area contributed by atoms with Gasteiger partial charge in [-0.3, -0.25) is 0 Å². The van der Waals surface area contributed by atoms with Crippen molar-refractivity contribution in [3.63, 3.8) is 0 Å². The topological polar surface area (TPSA) is 40.5 Å². The lowest BCUT2D eigenvalue weighted by Gasteiger charge is -1.64. The SMILES string of the molecule is Fc1cc2cc-2c1.O[B]O. The van der Waals surface area contributed by atoms with E-state index >= 15 is 0 Å². The number of rotatable bonds is 0. The third-order valence-corrected chi connectivity index (χ3v) is 1.15. The number of halogens is 1. The normalized spacial score (nSPS) is 9.50. The zero-order valence-electron chi connectivity index (χ0n) is 5.08. The van der Waals surface area contributed by atoms with Crippen LogP contribution in [0.4, 0.5) is 4.39 Å². The number of benzene rings is 1. The van der Waals surface area contributed by atoms with Gasteiger partial charge in [-0.1, -0.05) is 0 Å². The van der Waals surface area contributed by atoms with Gasteiger partial charge in [-0.05, 0) is 29.3 Å². The fraction of sp³-hybridized carbons (Fsp3) is 0. The van der Waals surface area contributed by atoms with Crippen LogP contribution in [-0.4, -0.2) is 17.7 Å². The second-order valence-corrected chi connectivity index (χ2v) is 1.84. The molecule has 0 amide bonds. The van der Waals surface area contributed by atoms with E-state index in [1.54, 1.807) is 0 Å². The molecule has 2 nitrogen and oxygen atoms in total. The minimum atomic E-state index is -0.104. The molecule has 0 aromatic carbocycles. The van der Waals surface area contributed by atoms with Crippen molar-refractivity contribution in [3.05, 3.63) is 24.0 Å². The van der Waals surface area contributed by atoms with Crippen LogP contribution in [0.5, 0.6) is 0 Å². The van der Waals surface area contributed by atoms with Crippen LogP contribution in [0.15, 0.2) is 18.2 Å². The highest BCUT2D eigenvalue weighted by Crippen LogP contribution is 2.34. The smallest absolute Gasteiger partial charge is 0.429 e. The quantitative estimate of drug-likeness (QED) is 0.515. The summed E-state index contributed by atoms with van der Waals surface area (Å²) in [6.45, 7) is 0. The number of hydrogen-bond acceptors (Lipinski definition) is 2. The highest BCUT2D eigenvalue weighted by molar-refractivity contribution is 6.13. The molecule has 2 N–H and O–H groups in total. The van der Waals surface area contributed by atoms with Gasteiger partial charge < -0.3 is 10.0 Å². The molecule has 4 heteroatoms. The highest BCUT2D eigenvalue weighted by atomic mass is 19.1. The third-order valence-electron chi connectivity index (χ3n) is 1.15. The molecule has 2 aliphatic rings. The van der Waals surface area contributed by atoms with Gasteiger partial charge in [0.05, 0.1) is 0 Å². The summed E-state index contributed by atoms with van der Waals surface area (Å²) in [7, 11) is 0. The maximum absolute atomic E-state index is 11.9. The molecule has 2 rings (SSSR count). The van der Waals surface area contributed by atoms with Crippen LogP contribution >= 0.6 is 0 Å². The van der Waals surface area contributed by atoms with Gasteiger partial charge in [0.25, 0.3) is 0 Å². The van der Waals surface area contributed by atoms with Gasteiger partial charge in [0.1, 0.15) is 5.82 Å². The molecule has 0 saturated carbocycles. The van der Waals surface area contributed by atoms with E-state index < -0.39 is 0 Å². The second-order valence-electron chi connectivity index (χ2n) is 1.84. The molecule has 51 valence electrons. The van der Waals surface area contributed by atoms with Gasteiger partial charge in [0.2, 0.25) is 0 Å². The van der Waals surface area contributed by atoms with Crippen molar-refractivity contribution in [1.82, 2.24) is 0 Å². The van der Waals surface area contributed by atoms with E-state index in [2.05, 4.69) is 0 Å². The Hall–Kier alpha value is -0.865. The Bertz CT molecular complexity index is 219. The Morgan fingerprint density at radius 3 is 1.70 bits per heavy atom. The summed E-state index contributed by atoms with van der Waals surface area (Å²) in [5.41, 5.74) is 2.13. The van der Waals surface area contributed by atoms with E-state index in [0.29, 0.717) is 0 Å². The minimum Gasteiger partial charge on any atom is -0.429 e. The molecule has 0 unspecified atom stereocenters. The van der Waals surface area contributed by atoms with E-state index in [0.717, 1.165) is 11.1 Å². The van der Waals surface area contributed by atoms with Gasteiger partial charge in [0.15, 0.2) is 0 Å². The summed E-state index contributed by atoms with van der Waals surface area (Å²) in [6, 6.07) is 5.02. The molecule has 0 heterocycles. The first-order chi connectivity index (χ1) is 4.77. The van der Waals surface area contributed by atoms with E-state index in [4.69, 9.17) is 10.0 Å². The van der Waals surface area contributed by atoms with E-state index in [1.165, 1.54) is 12.1 Å². The van der Waals surface area contributed by atoms with Gasteiger partial charge in [0, 0.05) is 0 Å². The maximum Gasteiger partial charge on any atom is 0.482 e. The van der Waals surface area contributed by atoms with Crippen LogP contribution in [0.3, 0.4) is 0 Å². The first-order valence-electron chi connectivity index (χ1n) is 2.69. The summed E-state index contributed by atoms with van der Waals surface area (Å²) in [6.07, 6.45) is 0. The average Bonchev–Trinajstić information content (AvgIpc) is 2.42. The van der Waals surface area contributed by atoms with Crippen molar-refractivity contribution < 1.29 is 14.4 Å². The Morgan fingerprint density at radius 1 is 1.10 bits per heavy atom. The maximum atomic E-state index is 11.9. The summed E-state index contributed by atoms with van der Waals surface area (Å²) < 4.78 is 11.9. The molecule has 2 aliphatic carbocycles. The van der Waals surface area contributed by atoms with Crippen molar-refractivity contribution in [2.45, 2.75) is 0 Å². The van der Waals surface area contributed by atoms with Crippen LogP contribution < -0.4 is 0 Å². The Kier molecular flexibility index (Phi) is 2.04. The van der Waals surface area contributed by atoms with Gasteiger partial charge in [-0.15, -0.1) is 0 Å². The van der Waals surface area contributed by atoms with Gasteiger partial charge in [-0.25, -0.2) is 4.39 Å². The van der Waals surface area contributed by atoms with Crippen LogP contribution in [0, 0.1) is 5.82 Å². The van der Waals surface area contributed by atoms with Gasteiger partial charge in [-0.2, -0.15) is 0 Å². The molecule has 0 aliphatic heterocycles. The first kappa shape index (κ1) is 7.24. The van der Waals surface area contributed by atoms with Crippen LogP contribution in [0.1, 0.15) is 0 Å². The fourth-order valence-electron chi connectivity index (χ4n) is 0.720. The summed E-state index contributed by atoms with van der Waals surface area (Å²) in [5.74, 6) is -0.104. The second kappa shape index (κ2) is 2.81. The Labute approximate surface area is 58.2 Å². The summed E-state index contributed by atoms with van der Waals surface area (Å²) in [5, 5.41) is 14.0. The molecule has 0 aromatic rings. The molecular weight excluding hydrogens is 134 g/mol. The van der Waals surface area contributed by atoms with E-state index in [9.17, 15) is 4.39 Å². The molecule has 0 atom stereocenters. The van der Waals surface area contributed by atoms with E-state index in [1.807, 2.05) is 6.07 Å². The number of hydrogen-bond donors (Lipinski definition) is 2. The molecule has 10 heavy (non-hydrogen) atoms. The summed E-state index contributed by atoms with van der Waals surface area (Å²) >= 11 is 0. The van der Waals surface area contributed by atoms with Crippen LogP contribution in [0.2, 0.25) is 0 Å². The zero-order valence-corrected chi connectivity index (χ0v) is 5.08.